The Morgan fingerprint density at radius 3 is 2.53 bits per heavy atom. The summed E-state index contributed by atoms with van der Waals surface area (Å²) in [7, 11) is 0. The van der Waals surface area contributed by atoms with Crippen molar-refractivity contribution in [2.75, 3.05) is 13.2 Å². The Morgan fingerprint density at radius 2 is 2.00 bits per heavy atom. The van der Waals surface area contributed by atoms with Gasteiger partial charge in [-0.25, -0.2) is 0 Å². The molecule has 0 aliphatic heterocycles. The van der Waals surface area contributed by atoms with E-state index >= 15 is 0 Å². The van der Waals surface area contributed by atoms with E-state index in [2.05, 4.69) is 5.32 Å². The molecule has 90 valence electrons. The minimum Gasteiger partial charge on any atom is -0.396 e. The van der Waals surface area contributed by atoms with E-state index < -0.39 is 0 Å². The maximum atomic E-state index is 11.5. The first-order chi connectivity index (χ1) is 7.07. The van der Waals surface area contributed by atoms with Crippen LogP contribution in [0.4, 0.5) is 0 Å². The fraction of sp³-hybridized carbons (Fsp3) is 0.909. The van der Waals surface area contributed by atoms with Crippen LogP contribution in [0.1, 0.15) is 39.5 Å². The molecule has 0 saturated heterocycles. The van der Waals surface area contributed by atoms with Crippen LogP contribution in [0, 0.1) is 5.92 Å². The van der Waals surface area contributed by atoms with E-state index in [0.717, 1.165) is 19.3 Å². The van der Waals surface area contributed by atoms with Crippen LogP contribution in [0.5, 0.6) is 0 Å². The summed E-state index contributed by atoms with van der Waals surface area (Å²) in [4.78, 5) is 11.5. The first-order valence-corrected chi connectivity index (χ1v) is 5.72. The van der Waals surface area contributed by atoms with Crippen LogP contribution in [0.25, 0.3) is 0 Å². The lowest BCUT2D eigenvalue weighted by molar-refractivity contribution is -0.124. The number of carbonyl (C=O) groups excluding carboxylic acids is 1. The van der Waals surface area contributed by atoms with Gasteiger partial charge in [-0.2, -0.15) is 0 Å². The van der Waals surface area contributed by atoms with Crippen LogP contribution in [-0.2, 0) is 4.79 Å². The van der Waals surface area contributed by atoms with Crippen LogP contribution >= 0.6 is 0 Å². The molecule has 0 saturated carbocycles. The van der Waals surface area contributed by atoms with Gasteiger partial charge in [0.2, 0.25) is 5.91 Å². The van der Waals surface area contributed by atoms with Gasteiger partial charge in [0.05, 0.1) is 0 Å². The Balaban J connectivity index is 3.51. The highest BCUT2D eigenvalue weighted by molar-refractivity contribution is 5.78. The van der Waals surface area contributed by atoms with Crippen LogP contribution in [0.2, 0.25) is 0 Å². The van der Waals surface area contributed by atoms with Gasteiger partial charge >= 0.3 is 0 Å². The van der Waals surface area contributed by atoms with E-state index in [1.165, 1.54) is 0 Å². The van der Waals surface area contributed by atoms with Crippen molar-refractivity contribution < 1.29 is 9.90 Å². The van der Waals surface area contributed by atoms with Crippen LogP contribution in [-0.4, -0.2) is 30.2 Å². The van der Waals surface area contributed by atoms with Crippen LogP contribution in [0.3, 0.4) is 0 Å². The molecule has 15 heavy (non-hydrogen) atoms. The summed E-state index contributed by atoms with van der Waals surface area (Å²) < 4.78 is 0. The molecule has 4 nitrogen and oxygen atoms in total. The standard InChI is InChI=1S/C11H24N2O2/c1-9(5-3-6-10(2)12)11(15)13-7-4-8-14/h9-10,14H,3-8,12H2,1-2H3,(H,13,15). The number of nitrogens with two attached hydrogens (primary N) is 1. The van der Waals surface area contributed by atoms with E-state index in [4.69, 9.17) is 10.8 Å². The Hall–Kier alpha value is -0.610. The predicted octanol–water partition coefficient (Wildman–Crippen LogP) is 0.639. The minimum atomic E-state index is 0.0439. The number of aliphatic hydroxyl groups excluding tert-OH is 1. The third-order valence-electron chi connectivity index (χ3n) is 2.38. The van der Waals surface area contributed by atoms with Gasteiger partial charge < -0.3 is 16.2 Å². The zero-order valence-corrected chi connectivity index (χ0v) is 9.83. The number of hydrogen-bond donors (Lipinski definition) is 3. The Bertz CT molecular complexity index is 172. The zero-order valence-electron chi connectivity index (χ0n) is 9.83. The second-order valence-corrected chi connectivity index (χ2v) is 4.18. The van der Waals surface area contributed by atoms with Crippen LogP contribution < -0.4 is 11.1 Å². The number of amides is 1. The molecule has 2 unspecified atom stereocenters. The molecule has 0 heterocycles. The van der Waals surface area contributed by atoms with E-state index in [9.17, 15) is 4.79 Å². The third-order valence-corrected chi connectivity index (χ3v) is 2.38. The van der Waals surface area contributed by atoms with Crippen molar-refractivity contribution in [1.82, 2.24) is 5.32 Å². The maximum absolute atomic E-state index is 11.5. The Labute approximate surface area is 92.2 Å². The molecule has 0 bridgehead atoms. The normalized spacial score (nSPS) is 14.7. The SMILES string of the molecule is CC(N)CCCC(C)C(=O)NCCCO. The summed E-state index contributed by atoms with van der Waals surface area (Å²) in [6.45, 7) is 4.59. The summed E-state index contributed by atoms with van der Waals surface area (Å²) >= 11 is 0. The maximum Gasteiger partial charge on any atom is 0.222 e. The fourth-order valence-corrected chi connectivity index (χ4v) is 1.34. The number of hydrogen-bond acceptors (Lipinski definition) is 3. The van der Waals surface area contributed by atoms with Gasteiger partial charge in [-0.1, -0.05) is 13.3 Å². The van der Waals surface area contributed by atoms with Gasteiger partial charge in [-0.15, -0.1) is 0 Å². The van der Waals surface area contributed by atoms with E-state index in [-0.39, 0.29) is 24.5 Å². The largest absolute Gasteiger partial charge is 0.396 e. The smallest absolute Gasteiger partial charge is 0.222 e. The monoisotopic (exact) mass is 216 g/mol. The van der Waals surface area contributed by atoms with E-state index in [0.29, 0.717) is 13.0 Å². The molecule has 0 radical (unpaired) electrons. The van der Waals surface area contributed by atoms with Crippen molar-refractivity contribution in [3.8, 4) is 0 Å². The number of rotatable bonds is 8. The molecule has 0 aliphatic carbocycles. The molecular weight excluding hydrogens is 192 g/mol. The Kier molecular flexibility index (Phi) is 8.33. The summed E-state index contributed by atoms with van der Waals surface area (Å²) in [6.07, 6.45) is 3.46. The predicted molar refractivity (Wildman–Crippen MR) is 61.4 cm³/mol. The first-order valence-electron chi connectivity index (χ1n) is 5.72. The van der Waals surface area contributed by atoms with Crippen molar-refractivity contribution in [3.63, 3.8) is 0 Å². The Morgan fingerprint density at radius 1 is 1.33 bits per heavy atom. The molecule has 1 amide bonds. The molecule has 0 rings (SSSR count). The average molecular weight is 216 g/mol. The molecule has 0 spiro atoms. The van der Waals surface area contributed by atoms with E-state index in [1.807, 2.05) is 13.8 Å². The van der Waals surface area contributed by atoms with Crippen molar-refractivity contribution >= 4 is 5.91 Å². The van der Waals surface area contributed by atoms with Crippen molar-refractivity contribution in [2.24, 2.45) is 11.7 Å². The van der Waals surface area contributed by atoms with Crippen molar-refractivity contribution in [1.29, 1.82) is 0 Å². The molecule has 0 aromatic carbocycles. The first kappa shape index (κ1) is 14.4. The highest BCUT2D eigenvalue weighted by atomic mass is 16.3. The topological polar surface area (TPSA) is 75.4 Å². The van der Waals surface area contributed by atoms with Crippen molar-refractivity contribution in [3.05, 3.63) is 0 Å². The summed E-state index contributed by atoms with van der Waals surface area (Å²) in [5.41, 5.74) is 5.62. The third kappa shape index (κ3) is 8.39. The lowest BCUT2D eigenvalue weighted by Crippen LogP contribution is -2.30. The minimum absolute atomic E-state index is 0.0439. The second kappa shape index (κ2) is 8.68. The molecule has 4 heteroatoms. The second-order valence-electron chi connectivity index (χ2n) is 4.18. The highest BCUT2D eigenvalue weighted by Gasteiger charge is 2.11. The van der Waals surface area contributed by atoms with Gasteiger partial charge in [0.25, 0.3) is 0 Å². The van der Waals surface area contributed by atoms with Gasteiger partial charge in [0.15, 0.2) is 0 Å². The molecule has 0 aromatic rings. The van der Waals surface area contributed by atoms with Gasteiger partial charge in [0.1, 0.15) is 0 Å². The zero-order chi connectivity index (χ0) is 11.7. The lowest BCUT2D eigenvalue weighted by atomic mass is 10.0. The fourth-order valence-electron chi connectivity index (χ4n) is 1.34. The summed E-state index contributed by atoms with van der Waals surface area (Å²) in [5, 5.41) is 11.3. The summed E-state index contributed by atoms with van der Waals surface area (Å²) in [5.74, 6) is 0.121. The number of aliphatic hydroxyl groups is 1. The average Bonchev–Trinajstić information content (AvgIpc) is 2.17. The molecule has 2 atom stereocenters. The molecule has 0 aromatic heterocycles. The van der Waals surface area contributed by atoms with Gasteiger partial charge in [0, 0.05) is 25.1 Å². The summed E-state index contributed by atoms with van der Waals surface area (Å²) in [6, 6.07) is 0.217. The van der Waals surface area contributed by atoms with Crippen LogP contribution in [0.15, 0.2) is 0 Å². The molecule has 0 aliphatic rings. The highest BCUT2D eigenvalue weighted by Crippen LogP contribution is 2.08. The van der Waals surface area contributed by atoms with Crippen molar-refractivity contribution in [2.45, 2.75) is 45.6 Å². The lowest BCUT2D eigenvalue weighted by Gasteiger charge is -2.12. The van der Waals surface area contributed by atoms with E-state index in [1.54, 1.807) is 0 Å². The molecule has 4 N–H and O–H groups in total. The quantitative estimate of drug-likeness (QED) is 0.521. The number of carbonyl (C=O) groups is 1. The molecular formula is C11H24N2O2. The number of nitrogens with one attached hydrogen (secondary N) is 1. The van der Waals surface area contributed by atoms with Gasteiger partial charge in [-0.3, -0.25) is 4.79 Å². The molecule has 0 fully saturated rings. The van der Waals surface area contributed by atoms with Gasteiger partial charge in [-0.05, 0) is 26.2 Å².